The molecule has 2 rings (SSSR count). The van der Waals surface area contributed by atoms with Crippen LogP contribution in [0.1, 0.15) is 28.8 Å². The van der Waals surface area contributed by atoms with Gasteiger partial charge in [-0.3, -0.25) is 9.59 Å². The third-order valence-electron chi connectivity index (χ3n) is 3.76. The average Bonchev–Trinajstić information content (AvgIpc) is 3.00. The van der Waals surface area contributed by atoms with Crippen molar-refractivity contribution in [3.05, 3.63) is 50.2 Å². The average molecular weight is 328 g/mol. The Balaban J connectivity index is 2.21. The molecule has 2 N–H and O–H groups in total. The summed E-state index contributed by atoms with van der Waals surface area (Å²) < 4.78 is 0. The maximum atomic E-state index is 12.6. The lowest BCUT2D eigenvalue weighted by atomic mass is 10.1. The van der Waals surface area contributed by atoms with E-state index < -0.39 is 0 Å². The highest BCUT2D eigenvalue weighted by Gasteiger charge is 2.28. The molecule has 1 heterocycles. The first-order valence-corrected chi connectivity index (χ1v) is 7.31. The monoisotopic (exact) mass is 328 g/mol. The standard InChI is InChI=1S/C14H16N8O2/c15-13(23)5-9-1-2-22(8-9)14(24)11-3-10(7-18-20-16)4-12(6-11)19-21-17/h3-4,6,9H,1-2,5,7-8H2,(H2,15,23). The second-order valence-electron chi connectivity index (χ2n) is 5.54. The Morgan fingerprint density at radius 3 is 2.75 bits per heavy atom. The zero-order valence-electron chi connectivity index (χ0n) is 12.9. The van der Waals surface area contributed by atoms with Crippen molar-refractivity contribution in [1.29, 1.82) is 0 Å². The molecule has 0 aromatic heterocycles. The first-order chi connectivity index (χ1) is 11.5. The molecule has 1 aliphatic rings. The lowest BCUT2D eigenvalue weighted by Gasteiger charge is -2.17. The van der Waals surface area contributed by atoms with Crippen LogP contribution in [0, 0.1) is 5.92 Å². The molecule has 10 nitrogen and oxygen atoms in total. The van der Waals surface area contributed by atoms with Crippen LogP contribution in [-0.2, 0) is 11.3 Å². The van der Waals surface area contributed by atoms with Crippen LogP contribution < -0.4 is 5.73 Å². The SMILES string of the molecule is [N-]=[N+]=NCc1cc(N=[N+]=[N-])cc(C(=O)N2CCC(CC(N)=O)C2)c1. The van der Waals surface area contributed by atoms with Gasteiger partial charge in [-0.2, -0.15) is 0 Å². The normalized spacial score (nSPS) is 16.2. The fourth-order valence-corrected chi connectivity index (χ4v) is 2.76. The Morgan fingerprint density at radius 2 is 2.08 bits per heavy atom. The third kappa shape index (κ3) is 4.39. The Bertz CT molecular complexity index is 749. The van der Waals surface area contributed by atoms with Gasteiger partial charge in [0, 0.05) is 40.6 Å². The molecule has 0 spiro atoms. The van der Waals surface area contributed by atoms with Crippen molar-refractivity contribution in [1.82, 2.24) is 4.90 Å². The van der Waals surface area contributed by atoms with E-state index >= 15 is 0 Å². The van der Waals surface area contributed by atoms with Crippen molar-refractivity contribution >= 4 is 17.5 Å². The van der Waals surface area contributed by atoms with E-state index in [0.717, 1.165) is 6.42 Å². The van der Waals surface area contributed by atoms with E-state index in [9.17, 15) is 9.59 Å². The number of carbonyl (C=O) groups is 2. The molecule has 0 saturated carbocycles. The first kappa shape index (κ1) is 17.1. The number of benzene rings is 1. The van der Waals surface area contributed by atoms with E-state index in [1.165, 1.54) is 6.07 Å². The second-order valence-corrected chi connectivity index (χ2v) is 5.54. The van der Waals surface area contributed by atoms with Gasteiger partial charge in [0.05, 0.1) is 6.54 Å². The minimum absolute atomic E-state index is 0.0515. The van der Waals surface area contributed by atoms with Gasteiger partial charge in [-0.1, -0.05) is 10.2 Å². The highest BCUT2D eigenvalue weighted by Crippen LogP contribution is 2.24. The van der Waals surface area contributed by atoms with Gasteiger partial charge < -0.3 is 10.6 Å². The molecule has 10 heteroatoms. The van der Waals surface area contributed by atoms with Gasteiger partial charge in [-0.15, -0.1) is 0 Å². The molecule has 1 aromatic carbocycles. The molecule has 0 bridgehead atoms. The van der Waals surface area contributed by atoms with Crippen LogP contribution in [-0.4, -0.2) is 29.8 Å². The summed E-state index contributed by atoms with van der Waals surface area (Å²) in [5.41, 5.74) is 23.4. The summed E-state index contributed by atoms with van der Waals surface area (Å²) in [6.07, 6.45) is 0.973. The Labute approximate surface area is 137 Å². The van der Waals surface area contributed by atoms with Gasteiger partial charge in [-0.25, -0.2) is 0 Å². The number of azide groups is 2. The minimum atomic E-state index is -0.378. The molecule has 2 amide bonds. The maximum Gasteiger partial charge on any atom is 0.253 e. The number of amides is 2. The highest BCUT2D eigenvalue weighted by molar-refractivity contribution is 5.95. The molecule has 1 aliphatic heterocycles. The number of nitrogens with zero attached hydrogens (tertiary/aromatic N) is 7. The van der Waals surface area contributed by atoms with Gasteiger partial charge in [0.15, 0.2) is 0 Å². The molecular formula is C14H16N8O2. The number of rotatable bonds is 6. The van der Waals surface area contributed by atoms with Crippen molar-refractivity contribution in [2.24, 2.45) is 21.9 Å². The van der Waals surface area contributed by atoms with Crippen molar-refractivity contribution in [3.8, 4) is 0 Å². The second kappa shape index (κ2) is 7.87. The molecule has 1 unspecified atom stereocenters. The summed E-state index contributed by atoms with van der Waals surface area (Å²) in [7, 11) is 0. The van der Waals surface area contributed by atoms with Crippen molar-refractivity contribution in [3.63, 3.8) is 0 Å². The van der Waals surface area contributed by atoms with E-state index in [1.54, 1.807) is 17.0 Å². The Morgan fingerprint density at radius 1 is 1.29 bits per heavy atom. The quantitative estimate of drug-likeness (QED) is 0.483. The molecule has 0 aliphatic carbocycles. The van der Waals surface area contributed by atoms with E-state index in [4.69, 9.17) is 16.8 Å². The van der Waals surface area contributed by atoms with Gasteiger partial charge in [0.1, 0.15) is 0 Å². The molecular weight excluding hydrogens is 312 g/mol. The van der Waals surface area contributed by atoms with Crippen LogP contribution in [0.2, 0.25) is 0 Å². The smallest absolute Gasteiger partial charge is 0.253 e. The number of carbonyl (C=O) groups excluding carboxylic acids is 2. The lowest BCUT2D eigenvalue weighted by Crippen LogP contribution is -2.29. The summed E-state index contributed by atoms with van der Waals surface area (Å²) in [4.78, 5) is 30.7. The molecule has 0 radical (unpaired) electrons. The first-order valence-electron chi connectivity index (χ1n) is 7.31. The number of likely N-dealkylation sites (tertiary alicyclic amines) is 1. The zero-order valence-corrected chi connectivity index (χ0v) is 12.9. The van der Waals surface area contributed by atoms with Gasteiger partial charge in [0.2, 0.25) is 5.91 Å². The number of hydrogen-bond donors (Lipinski definition) is 1. The molecule has 1 atom stereocenters. The fourth-order valence-electron chi connectivity index (χ4n) is 2.76. The van der Waals surface area contributed by atoms with Crippen LogP contribution in [0.25, 0.3) is 20.9 Å². The van der Waals surface area contributed by atoms with E-state index in [0.29, 0.717) is 24.2 Å². The molecule has 1 saturated heterocycles. The van der Waals surface area contributed by atoms with Crippen molar-refractivity contribution in [2.75, 3.05) is 13.1 Å². The summed E-state index contributed by atoms with van der Waals surface area (Å²) >= 11 is 0. The summed E-state index contributed by atoms with van der Waals surface area (Å²) in [6, 6.07) is 4.66. The van der Waals surface area contributed by atoms with Gasteiger partial charge >= 0.3 is 0 Å². The van der Waals surface area contributed by atoms with Crippen LogP contribution in [0.3, 0.4) is 0 Å². The zero-order chi connectivity index (χ0) is 17.5. The largest absolute Gasteiger partial charge is 0.370 e. The summed E-state index contributed by atoms with van der Waals surface area (Å²) in [5, 5.41) is 6.97. The highest BCUT2D eigenvalue weighted by atomic mass is 16.2. The van der Waals surface area contributed by atoms with Gasteiger partial charge in [0.25, 0.3) is 5.91 Å². The summed E-state index contributed by atoms with van der Waals surface area (Å²) in [5.74, 6) is -0.537. The lowest BCUT2D eigenvalue weighted by molar-refractivity contribution is -0.118. The van der Waals surface area contributed by atoms with Crippen LogP contribution in [0.15, 0.2) is 28.4 Å². The molecule has 24 heavy (non-hydrogen) atoms. The Kier molecular flexibility index (Phi) is 5.62. The fraction of sp³-hybridized carbons (Fsp3) is 0.429. The topological polar surface area (TPSA) is 161 Å². The predicted molar refractivity (Wildman–Crippen MR) is 85.9 cm³/mol. The third-order valence-corrected chi connectivity index (χ3v) is 3.76. The maximum absolute atomic E-state index is 12.6. The van der Waals surface area contributed by atoms with Crippen LogP contribution in [0.4, 0.5) is 5.69 Å². The van der Waals surface area contributed by atoms with Crippen LogP contribution >= 0.6 is 0 Å². The predicted octanol–water partition coefficient (Wildman–Crippen LogP) is 2.78. The number of nitrogens with two attached hydrogens (primary N) is 1. The molecule has 1 aromatic rings. The van der Waals surface area contributed by atoms with E-state index in [-0.39, 0.29) is 36.4 Å². The van der Waals surface area contributed by atoms with Crippen LogP contribution in [0.5, 0.6) is 0 Å². The molecule has 124 valence electrons. The van der Waals surface area contributed by atoms with E-state index in [2.05, 4.69) is 20.1 Å². The number of hydrogen-bond acceptors (Lipinski definition) is 4. The van der Waals surface area contributed by atoms with Crippen molar-refractivity contribution in [2.45, 2.75) is 19.4 Å². The summed E-state index contributed by atoms with van der Waals surface area (Å²) in [6.45, 7) is 1.04. The van der Waals surface area contributed by atoms with Gasteiger partial charge in [-0.05, 0) is 47.2 Å². The minimum Gasteiger partial charge on any atom is -0.370 e. The molecule has 1 fully saturated rings. The number of primary amides is 1. The van der Waals surface area contributed by atoms with E-state index in [1.807, 2.05) is 0 Å². The van der Waals surface area contributed by atoms with Crippen molar-refractivity contribution < 1.29 is 9.59 Å². The Hall–Kier alpha value is -3.22.